The van der Waals surface area contributed by atoms with Crippen LogP contribution >= 0.6 is 6.80 Å². The van der Waals surface area contributed by atoms with Crippen molar-refractivity contribution >= 4 is 16.3 Å². The molecule has 0 bridgehead atoms. The molecule has 5 nitrogen and oxygen atoms in total. The molecule has 0 fully saturated rings. The van der Waals surface area contributed by atoms with E-state index in [0.717, 1.165) is 0 Å². The molecule has 0 rings (SSSR count). The van der Waals surface area contributed by atoms with Gasteiger partial charge in [0.25, 0.3) is 15.9 Å². The van der Waals surface area contributed by atoms with Gasteiger partial charge in [0.2, 0.25) is 0 Å². The molecule has 82 valence electrons. The fraction of sp³-hybridized carbons (Fsp3) is 0.200. The molecular weight excluding hydrogens is 241 g/mol. The quantitative estimate of drug-likeness (QED) is 0.567. The van der Waals surface area contributed by atoms with Crippen LogP contribution in [0.4, 0.5) is 8.78 Å². The van der Waals surface area contributed by atoms with Crippen LogP contribution < -0.4 is 0 Å². The van der Waals surface area contributed by atoms with E-state index in [4.69, 9.17) is 9.79 Å². The predicted octanol–water partition coefficient (Wildman–Crippen LogP) is 0.829. The largest absolute Gasteiger partial charge is 0.444 e. The maximum Gasteiger partial charge on any atom is 0.444 e. The van der Waals surface area contributed by atoms with Crippen LogP contribution in [0, 0.1) is 0 Å². The Morgan fingerprint density at radius 1 is 1.43 bits per heavy atom. The highest BCUT2D eigenvalue weighted by molar-refractivity contribution is 8.50. The SMILES string of the molecule is C=C/C(=C\C(F)F)S(=O)(=O)P(=O)(O)O. The lowest BCUT2D eigenvalue weighted by molar-refractivity contribution is 0.204. The van der Waals surface area contributed by atoms with E-state index < -0.39 is 27.6 Å². The highest BCUT2D eigenvalue weighted by atomic mass is 32.8. The molecule has 0 saturated carbocycles. The first-order valence-electron chi connectivity index (χ1n) is 3.06. The van der Waals surface area contributed by atoms with E-state index in [2.05, 4.69) is 6.58 Å². The van der Waals surface area contributed by atoms with Crippen molar-refractivity contribution in [3.8, 4) is 0 Å². The molecule has 0 aromatic carbocycles. The van der Waals surface area contributed by atoms with Gasteiger partial charge in [-0.3, -0.25) is 0 Å². The molecule has 14 heavy (non-hydrogen) atoms. The van der Waals surface area contributed by atoms with Gasteiger partial charge in [0.15, 0.2) is 0 Å². The zero-order valence-electron chi connectivity index (χ0n) is 6.67. The Bertz CT molecular complexity index is 392. The Labute approximate surface area is 78.6 Å². The normalized spacial score (nSPS) is 14.5. The maximum atomic E-state index is 11.7. The molecular formula is C5H7F2O5PS. The molecule has 0 aromatic heterocycles. The van der Waals surface area contributed by atoms with Gasteiger partial charge < -0.3 is 9.79 Å². The van der Waals surface area contributed by atoms with E-state index >= 15 is 0 Å². The molecule has 0 saturated heterocycles. The summed E-state index contributed by atoms with van der Waals surface area (Å²) in [6.07, 6.45) is -2.79. The van der Waals surface area contributed by atoms with Crippen molar-refractivity contribution in [2.45, 2.75) is 6.43 Å². The van der Waals surface area contributed by atoms with Crippen molar-refractivity contribution < 1.29 is 31.6 Å². The molecule has 0 radical (unpaired) electrons. The van der Waals surface area contributed by atoms with Crippen molar-refractivity contribution in [2.24, 2.45) is 0 Å². The first-order valence-corrected chi connectivity index (χ1v) is 6.76. The van der Waals surface area contributed by atoms with Crippen molar-refractivity contribution in [1.29, 1.82) is 0 Å². The third kappa shape index (κ3) is 2.98. The fourth-order valence-electron chi connectivity index (χ4n) is 0.521. The average Bonchev–Trinajstić information content (AvgIpc) is 1.97. The lowest BCUT2D eigenvalue weighted by atomic mass is 10.5. The summed E-state index contributed by atoms with van der Waals surface area (Å²) in [6, 6.07) is 0. The summed E-state index contributed by atoms with van der Waals surface area (Å²) in [5, 5.41) is 0. The number of allylic oxidation sites excluding steroid dienone is 2. The summed E-state index contributed by atoms with van der Waals surface area (Å²) in [5.74, 6) is 0. The summed E-state index contributed by atoms with van der Waals surface area (Å²) < 4.78 is 55.7. The van der Waals surface area contributed by atoms with Crippen LogP contribution in [-0.4, -0.2) is 24.6 Å². The summed E-state index contributed by atoms with van der Waals surface area (Å²) in [4.78, 5) is 15.5. The van der Waals surface area contributed by atoms with Crippen molar-refractivity contribution in [2.75, 3.05) is 0 Å². The van der Waals surface area contributed by atoms with E-state index in [1.807, 2.05) is 0 Å². The van der Waals surface area contributed by atoms with Gasteiger partial charge in [0, 0.05) is 6.08 Å². The molecule has 2 N–H and O–H groups in total. The van der Waals surface area contributed by atoms with Crippen LogP contribution in [0.5, 0.6) is 0 Å². The van der Waals surface area contributed by atoms with E-state index in [1.165, 1.54) is 0 Å². The Morgan fingerprint density at radius 2 is 1.86 bits per heavy atom. The molecule has 0 heterocycles. The lowest BCUT2D eigenvalue weighted by Gasteiger charge is -2.05. The van der Waals surface area contributed by atoms with Gasteiger partial charge in [-0.1, -0.05) is 12.7 Å². The second-order valence-corrected chi connectivity index (χ2v) is 7.35. The molecule has 9 heteroatoms. The Hall–Kier alpha value is -0.560. The van der Waals surface area contributed by atoms with Crippen LogP contribution in [0.3, 0.4) is 0 Å². The Balaban J connectivity index is 5.51. The van der Waals surface area contributed by atoms with Crippen molar-refractivity contribution in [3.63, 3.8) is 0 Å². The zero-order chi connectivity index (χ0) is 11.6. The van der Waals surface area contributed by atoms with Gasteiger partial charge in [-0.2, -0.15) is 0 Å². The van der Waals surface area contributed by atoms with Crippen LogP contribution in [0.1, 0.15) is 0 Å². The Morgan fingerprint density at radius 3 is 2.07 bits per heavy atom. The van der Waals surface area contributed by atoms with E-state index in [9.17, 15) is 21.8 Å². The summed E-state index contributed by atoms with van der Waals surface area (Å²) in [5.41, 5.74) is 0. The number of hydrogen-bond donors (Lipinski definition) is 2. The van der Waals surface area contributed by atoms with E-state index in [0.29, 0.717) is 6.08 Å². The summed E-state index contributed by atoms with van der Waals surface area (Å²) in [6.45, 7) is -2.63. The van der Waals surface area contributed by atoms with Gasteiger partial charge in [-0.25, -0.2) is 21.8 Å². The van der Waals surface area contributed by atoms with Gasteiger partial charge in [0.05, 0.1) is 4.91 Å². The second kappa shape index (κ2) is 4.31. The zero-order valence-corrected chi connectivity index (χ0v) is 8.38. The minimum atomic E-state index is -5.50. The lowest BCUT2D eigenvalue weighted by Crippen LogP contribution is -2.04. The highest BCUT2D eigenvalue weighted by Crippen LogP contribution is 2.47. The van der Waals surface area contributed by atoms with Crippen LogP contribution in [0.2, 0.25) is 0 Å². The summed E-state index contributed by atoms with van der Waals surface area (Å²) in [7, 11) is -5.05. The topological polar surface area (TPSA) is 91.7 Å². The van der Waals surface area contributed by atoms with E-state index in [-0.39, 0.29) is 6.08 Å². The Kier molecular flexibility index (Phi) is 4.14. The second-order valence-electron chi connectivity index (χ2n) is 2.07. The molecule has 0 atom stereocenters. The smallest absolute Gasteiger partial charge is 0.313 e. The standard InChI is InChI=1S/C5H7F2O5PS/c1-2-4(3-5(6)7)14(11,12)13(8,9)10/h2-3,5H,1H2,(H2,8,9,10)/b4-3+. The molecule has 0 aliphatic carbocycles. The average molecular weight is 248 g/mol. The van der Waals surface area contributed by atoms with Gasteiger partial charge in [0.1, 0.15) is 0 Å². The highest BCUT2D eigenvalue weighted by Gasteiger charge is 2.36. The van der Waals surface area contributed by atoms with Crippen LogP contribution in [0.15, 0.2) is 23.6 Å². The first kappa shape index (κ1) is 13.4. The number of halogens is 2. The minimum absolute atomic E-state index is 0.0958. The van der Waals surface area contributed by atoms with Gasteiger partial charge in [-0.15, -0.1) is 0 Å². The van der Waals surface area contributed by atoms with E-state index in [1.54, 1.807) is 0 Å². The van der Waals surface area contributed by atoms with Gasteiger partial charge >= 0.3 is 6.80 Å². The number of rotatable bonds is 4. The third-order valence-electron chi connectivity index (χ3n) is 1.10. The third-order valence-corrected chi connectivity index (χ3v) is 5.14. The van der Waals surface area contributed by atoms with Crippen molar-refractivity contribution in [3.05, 3.63) is 23.6 Å². The fourth-order valence-corrected chi connectivity index (χ4v) is 2.51. The van der Waals surface area contributed by atoms with Crippen LogP contribution in [-0.2, 0) is 14.0 Å². The van der Waals surface area contributed by atoms with Crippen molar-refractivity contribution in [1.82, 2.24) is 0 Å². The molecule has 0 aliphatic rings. The molecule has 0 aliphatic heterocycles. The molecule has 0 unspecified atom stereocenters. The van der Waals surface area contributed by atoms with Gasteiger partial charge in [-0.05, 0) is 0 Å². The minimum Gasteiger partial charge on any atom is -0.313 e. The molecule has 0 amide bonds. The maximum absolute atomic E-state index is 11.7. The van der Waals surface area contributed by atoms with Crippen LogP contribution in [0.25, 0.3) is 0 Å². The number of hydrogen-bond acceptors (Lipinski definition) is 3. The molecule has 0 spiro atoms. The first-order chi connectivity index (χ1) is 6.13. The monoisotopic (exact) mass is 248 g/mol. The molecule has 0 aromatic rings. The number of alkyl halides is 2. The predicted molar refractivity (Wildman–Crippen MR) is 45.2 cm³/mol. The summed E-state index contributed by atoms with van der Waals surface area (Å²) >= 11 is 0.